The Morgan fingerprint density at radius 2 is 1.52 bits per heavy atom. The quantitative estimate of drug-likeness (QED) is 0.886. The minimum atomic E-state index is -0.269. The van der Waals surface area contributed by atoms with Crippen molar-refractivity contribution in [3.63, 3.8) is 0 Å². The van der Waals surface area contributed by atoms with Gasteiger partial charge in [-0.3, -0.25) is 0 Å². The molecule has 1 atom stereocenters. The molecule has 2 rings (SSSR count). The van der Waals surface area contributed by atoms with Crippen LogP contribution in [0.3, 0.4) is 0 Å². The summed E-state index contributed by atoms with van der Waals surface area (Å²) in [4.78, 5) is 0. The maximum Gasteiger partial charge on any atom is 0.122 e. The minimum absolute atomic E-state index is 0.269. The average Bonchev–Trinajstić information content (AvgIpc) is 2.54. The van der Waals surface area contributed by atoms with E-state index in [9.17, 15) is 0 Å². The molecule has 0 aliphatic rings. The van der Waals surface area contributed by atoms with E-state index < -0.39 is 0 Å². The molecule has 0 bridgehead atoms. The lowest BCUT2D eigenvalue weighted by Gasteiger charge is -2.16. The van der Waals surface area contributed by atoms with Crippen LogP contribution in [-0.4, -0.2) is 20.8 Å². The van der Waals surface area contributed by atoms with Gasteiger partial charge in [0.1, 0.15) is 17.2 Å². The number of methoxy groups -OCH3 is 2. The Bertz CT molecular complexity index is 576. The van der Waals surface area contributed by atoms with Gasteiger partial charge in [0.05, 0.1) is 26.9 Å². The fourth-order valence-corrected chi connectivity index (χ4v) is 2.17. The molecule has 0 fully saturated rings. The molecule has 2 aromatic carbocycles. The molecule has 0 saturated heterocycles. The summed E-state index contributed by atoms with van der Waals surface area (Å²) in [6.07, 6.45) is 0. The summed E-state index contributed by atoms with van der Waals surface area (Å²) in [6, 6.07) is 13.2. The zero-order valence-electron chi connectivity index (χ0n) is 12.6. The largest absolute Gasteiger partial charge is 0.497 e. The standard InChI is InChI=1S/C17H21NO3/c1-4-21-14-7-5-6-12(8-14)17(18)13-9-15(19-2)11-16(10-13)20-3/h5-11,17H,4,18H2,1-3H3. The predicted molar refractivity (Wildman–Crippen MR) is 83.2 cm³/mol. The summed E-state index contributed by atoms with van der Waals surface area (Å²) in [5, 5.41) is 0. The molecular weight excluding hydrogens is 266 g/mol. The highest BCUT2D eigenvalue weighted by Crippen LogP contribution is 2.29. The highest BCUT2D eigenvalue weighted by atomic mass is 16.5. The van der Waals surface area contributed by atoms with Gasteiger partial charge in [0.25, 0.3) is 0 Å². The first-order chi connectivity index (χ1) is 10.2. The Morgan fingerprint density at radius 1 is 0.905 bits per heavy atom. The fraction of sp³-hybridized carbons (Fsp3) is 0.294. The lowest BCUT2D eigenvalue weighted by molar-refractivity contribution is 0.340. The summed E-state index contributed by atoms with van der Waals surface area (Å²) in [5.41, 5.74) is 8.27. The van der Waals surface area contributed by atoms with Crippen LogP contribution >= 0.6 is 0 Å². The maximum absolute atomic E-state index is 6.36. The summed E-state index contributed by atoms with van der Waals surface area (Å²) in [5.74, 6) is 2.27. The molecule has 4 nitrogen and oxygen atoms in total. The topological polar surface area (TPSA) is 53.7 Å². The molecule has 0 aliphatic carbocycles. The number of ether oxygens (including phenoxy) is 3. The Balaban J connectivity index is 2.34. The van der Waals surface area contributed by atoms with E-state index in [-0.39, 0.29) is 6.04 Å². The number of rotatable bonds is 6. The molecule has 0 aliphatic heterocycles. The number of nitrogens with two attached hydrogens (primary N) is 1. The third-order valence-corrected chi connectivity index (χ3v) is 3.26. The van der Waals surface area contributed by atoms with E-state index in [2.05, 4.69) is 0 Å². The minimum Gasteiger partial charge on any atom is -0.497 e. The van der Waals surface area contributed by atoms with Crippen molar-refractivity contribution in [3.8, 4) is 17.2 Å². The Labute approximate surface area is 125 Å². The van der Waals surface area contributed by atoms with Crippen molar-refractivity contribution in [1.82, 2.24) is 0 Å². The lowest BCUT2D eigenvalue weighted by Crippen LogP contribution is -2.12. The van der Waals surface area contributed by atoms with Crippen LogP contribution in [0.15, 0.2) is 42.5 Å². The fourth-order valence-electron chi connectivity index (χ4n) is 2.17. The summed E-state index contributed by atoms with van der Waals surface area (Å²) >= 11 is 0. The molecule has 21 heavy (non-hydrogen) atoms. The Morgan fingerprint density at radius 3 is 2.10 bits per heavy atom. The molecular formula is C17H21NO3. The van der Waals surface area contributed by atoms with E-state index >= 15 is 0 Å². The molecule has 0 saturated carbocycles. The smallest absolute Gasteiger partial charge is 0.122 e. The first-order valence-corrected chi connectivity index (χ1v) is 6.89. The zero-order chi connectivity index (χ0) is 15.2. The summed E-state index contributed by atoms with van der Waals surface area (Å²) < 4.78 is 16.1. The van der Waals surface area contributed by atoms with Gasteiger partial charge in [-0.1, -0.05) is 12.1 Å². The van der Waals surface area contributed by atoms with Gasteiger partial charge < -0.3 is 19.9 Å². The second kappa shape index (κ2) is 6.99. The second-order valence-electron chi connectivity index (χ2n) is 4.63. The van der Waals surface area contributed by atoms with E-state index in [4.69, 9.17) is 19.9 Å². The van der Waals surface area contributed by atoms with Crippen LogP contribution < -0.4 is 19.9 Å². The van der Waals surface area contributed by atoms with Gasteiger partial charge in [0.2, 0.25) is 0 Å². The van der Waals surface area contributed by atoms with Crippen molar-refractivity contribution in [2.45, 2.75) is 13.0 Å². The van der Waals surface area contributed by atoms with Crippen LogP contribution in [0.5, 0.6) is 17.2 Å². The van der Waals surface area contributed by atoms with Gasteiger partial charge in [-0.25, -0.2) is 0 Å². The average molecular weight is 287 g/mol. The summed E-state index contributed by atoms with van der Waals surface area (Å²) in [7, 11) is 3.25. The second-order valence-corrected chi connectivity index (χ2v) is 4.63. The van der Waals surface area contributed by atoms with Gasteiger partial charge in [-0.05, 0) is 42.3 Å². The van der Waals surface area contributed by atoms with Crippen molar-refractivity contribution in [1.29, 1.82) is 0 Å². The van der Waals surface area contributed by atoms with Crippen LogP contribution in [0, 0.1) is 0 Å². The van der Waals surface area contributed by atoms with Gasteiger partial charge in [-0.15, -0.1) is 0 Å². The van der Waals surface area contributed by atoms with E-state index in [0.717, 1.165) is 28.4 Å². The summed E-state index contributed by atoms with van der Waals surface area (Å²) in [6.45, 7) is 2.59. The molecule has 0 heterocycles. The van der Waals surface area contributed by atoms with Crippen molar-refractivity contribution in [2.75, 3.05) is 20.8 Å². The highest BCUT2D eigenvalue weighted by molar-refractivity contribution is 5.44. The number of benzene rings is 2. The number of hydrogen-bond donors (Lipinski definition) is 1. The van der Waals surface area contributed by atoms with Gasteiger partial charge in [0.15, 0.2) is 0 Å². The van der Waals surface area contributed by atoms with Crippen LogP contribution in [0.25, 0.3) is 0 Å². The molecule has 2 N–H and O–H groups in total. The zero-order valence-corrected chi connectivity index (χ0v) is 12.6. The Kier molecular flexibility index (Phi) is 5.06. The molecule has 1 unspecified atom stereocenters. The predicted octanol–water partition coefficient (Wildman–Crippen LogP) is 3.15. The molecule has 4 heteroatoms. The Hall–Kier alpha value is -2.20. The lowest BCUT2D eigenvalue weighted by atomic mass is 9.99. The van der Waals surface area contributed by atoms with E-state index in [0.29, 0.717) is 6.61 Å². The van der Waals surface area contributed by atoms with Crippen molar-refractivity contribution >= 4 is 0 Å². The van der Waals surface area contributed by atoms with Crippen molar-refractivity contribution < 1.29 is 14.2 Å². The molecule has 112 valence electrons. The van der Waals surface area contributed by atoms with E-state index in [1.807, 2.05) is 49.4 Å². The third-order valence-electron chi connectivity index (χ3n) is 3.26. The molecule has 0 spiro atoms. The van der Waals surface area contributed by atoms with Crippen LogP contribution in [0.4, 0.5) is 0 Å². The van der Waals surface area contributed by atoms with Gasteiger partial charge in [-0.2, -0.15) is 0 Å². The van der Waals surface area contributed by atoms with Crippen LogP contribution in [0.1, 0.15) is 24.1 Å². The highest BCUT2D eigenvalue weighted by Gasteiger charge is 2.12. The number of hydrogen-bond acceptors (Lipinski definition) is 4. The maximum atomic E-state index is 6.36. The van der Waals surface area contributed by atoms with Gasteiger partial charge >= 0.3 is 0 Å². The van der Waals surface area contributed by atoms with Crippen LogP contribution in [-0.2, 0) is 0 Å². The normalized spacial score (nSPS) is 11.8. The van der Waals surface area contributed by atoms with Gasteiger partial charge in [0, 0.05) is 6.07 Å². The molecule has 2 aromatic rings. The monoisotopic (exact) mass is 287 g/mol. The van der Waals surface area contributed by atoms with E-state index in [1.54, 1.807) is 14.2 Å². The van der Waals surface area contributed by atoms with Crippen LogP contribution in [0.2, 0.25) is 0 Å². The third kappa shape index (κ3) is 3.67. The van der Waals surface area contributed by atoms with E-state index in [1.165, 1.54) is 0 Å². The van der Waals surface area contributed by atoms with Crippen molar-refractivity contribution in [3.05, 3.63) is 53.6 Å². The molecule has 0 aromatic heterocycles. The SMILES string of the molecule is CCOc1cccc(C(N)c2cc(OC)cc(OC)c2)c1. The molecule has 0 amide bonds. The first kappa shape index (κ1) is 15.2. The van der Waals surface area contributed by atoms with Crippen molar-refractivity contribution in [2.24, 2.45) is 5.73 Å². The molecule has 0 radical (unpaired) electrons. The first-order valence-electron chi connectivity index (χ1n) is 6.89.